The van der Waals surface area contributed by atoms with Crippen LogP contribution in [0.15, 0.2) is 42.5 Å². The van der Waals surface area contributed by atoms with Gasteiger partial charge in [-0.2, -0.15) is 0 Å². The van der Waals surface area contributed by atoms with Gasteiger partial charge in [0.15, 0.2) is 6.10 Å². The maximum atomic E-state index is 12.4. The zero-order chi connectivity index (χ0) is 18.4. The molecule has 0 saturated heterocycles. The monoisotopic (exact) mass is 341 g/mol. The molecule has 2 aromatic carbocycles. The maximum absolute atomic E-state index is 12.4. The van der Waals surface area contributed by atoms with Crippen molar-refractivity contribution in [3.63, 3.8) is 0 Å². The lowest BCUT2D eigenvalue weighted by Gasteiger charge is -2.17. The number of anilines is 1. The molecule has 0 aliphatic heterocycles. The highest BCUT2D eigenvalue weighted by molar-refractivity contribution is 6.02. The summed E-state index contributed by atoms with van der Waals surface area (Å²) < 4.78 is 10.8. The van der Waals surface area contributed by atoms with Gasteiger partial charge in [-0.05, 0) is 51.5 Å². The number of para-hydroxylation sites is 1. The molecule has 0 unspecified atom stereocenters. The molecule has 25 heavy (non-hydrogen) atoms. The third-order valence-electron chi connectivity index (χ3n) is 3.68. The van der Waals surface area contributed by atoms with Gasteiger partial charge in [0, 0.05) is 0 Å². The number of rotatable bonds is 6. The van der Waals surface area contributed by atoms with E-state index in [0.717, 1.165) is 11.1 Å². The van der Waals surface area contributed by atoms with Crippen molar-refractivity contribution in [1.29, 1.82) is 0 Å². The third-order valence-corrected chi connectivity index (χ3v) is 3.68. The summed E-state index contributed by atoms with van der Waals surface area (Å²) in [5.74, 6) is -0.148. The summed E-state index contributed by atoms with van der Waals surface area (Å²) in [6.07, 6.45) is -0.711. The molecule has 0 aliphatic carbocycles. The summed E-state index contributed by atoms with van der Waals surface area (Å²) in [5, 5.41) is 2.74. The molecule has 0 spiro atoms. The molecule has 0 aliphatic rings. The molecule has 5 nitrogen and oxygen atoms in total. The van der Waals surface area contributed by atoms with Crippen LogP contribution in [0.3, 0.4) is 0 Å². The van der Waals surface area contributed by atoms with Gasteiger partial charge in [0.1, 0.15) is 5.75 Å². The van der Waals surface area contributed by atoms with E-state index in [1.54, 1.807) is 38.1 Å². The van der Waals surface area contributed by atoms with Crippen molar-refractivity contribution in [2.45, 2.75) is 33.8 Å². The van der Waals surface area contributed by atoms with Crippen LogP contribution in [0.2, 0.25) is 0 Å². The van der Waals surface area contributed by atoms with Gasteiger partial charge in [0.05, 0.1) is 17.9 Å². The third kappa shape index (κ3) is 4.83. The molecule has 1 N–H and O–H groups in total. The Labute approximate surface area is 148 Å². The first-order valence-corrected chi connectivity index (χ1v) is 8.23. The van der Waals surface area contributed by atoms with Crippen LogP contribution in [0.5, 0.6) is 5.75 Å². The van der Waals surface area contributed by atoms with Crippen LogP contribution in [0.4, 0.5) is 5.69 Å². The number of hydrogen-bond acceptors (Lipinski definition) is 4. The Bertz CT molecular complexity index is 770. The summed E-state index contributed by atoms with van der Waals surface area (Å²) >= 11 is 0. The van der Waals surface area contributed by atoms with Crippen molar-refractivity contribution in [1.82, 2.24) is 0 Å². The molecule has 0 fully saturated rings. The predicted molar refractivity (Wildman–Crippen MR) is 97.0 cm³/mol. The highest BCUT2D eigenvalue weighted by atomic mass is 16.5. The second-order valence-corrected chi connectivity index (χ2v) is 5.78. The first-order chi connectivity index (χ1) is 11.9. The van der Waals surface area contributed by atoms with E-state index in [9.17, 15) is 9.59 Å². The highest BCUT2D eigenvalue weighted by Crippen LogP contribution is 2.21. The Morgan fingerprint density at radius 2 is 1.84 bits per heavy atom. The number of esters is 1. The molecular weight excluding hydrogens is 318 g/mol. The van der Waals surface area contributed by atoms with E-state index in [2.05, 4.69) is 5.32 Å². The zero-order valence-electron chi connectivity index (χ0n) is 15.0. The van der Waals surface area contributed by atoms with Crippen molar-refractivity contribution >= 4 is 17.6 Å². The van der Waals surface area contributed by atoms with Crippen molar-refractivity contribution in [2.75, 3.05) is 11.9 Å². The van der Waals surface area contributed by atoms with Gasteiger partial charge in [0.25, 0.3) is 5.91 Å². The first kappa shape index (κ1) is 18.5. The quantitative estimate of drug-likeness (QED) is 0.810. The van der Waals surface area contributed by atoms with Gasteiger partial charge in [-0.1, -0.05) is 29.8 Å². The van der Waals surface area contributed by atoms with Crippen LogP contribution in [-0.2, 0) is 9.53 Å². The lowest BCUT2D eigenvalue weighted by molar-refractivity contribution is -0.122. The van der Waals surface area contributed by atoms with E-state index in [-0.39, 0.29) is 12.5 Å². The lowest BCUT2D eigenvalue weighted by atomic mass is 10.1. The molecule has 0 saturated carbocycles. The summed E-state index contributed by atoms with van der Waals surface area (Å²) in [6.45, 7) is 7.61. The Morgan fingerprint density at radius 3 is 2.52 bits per heavy atom. The van der Waals surface area contributed by atoms with Crippen LogP contribution >= 0.6 is 0 Å². The van der Waals surface area contributed by atoms with Crippen LogP contribution < -0.4 is 10.1 Å². The van der Waals surface area contributed by atoms with E-state index in [4.69, 9.17) is 9.47 Å². The number of carbonyl (C=O) groups is 2. The standard InChI is InChI=1S/C20H23NO4/c1-5-24-20(23)16-8-6-7-9-17(16)21-19(22)15(4)25-18-11-10-13(2)12-14(18)3/h6-12,15H,5H2,1-4H3,(H,21,22)/t15-/m0/s1. The van der Waals surface area contributed by atoms with Crippen molar-refractivity contribution < 1.29 is 19.1 Å². The number of benzene rings is 2. The van der Waals surface area contributed by atoms with Crippen LogP contribution in [0, 0.1) is 13.8 Å². The Hall–Kier alpha value is -2.82. The van der Waals surface area contributed by atoms with E-state index < -0.39 is 12.1 Å². The second kappa shape index (κ2) is 8.33. The Kier molecular flexibility index (Phi) is 6.17. The van der Waals surface area contributed by atoms with Gasteiger partial charge in [-0.15, -0.1) is 0 Å². The summed E-state index contributed by atoms with van der Waals surface area (Å²) in [4.78, 5) is 24.4. The van der Waals surface area contributed by atoms with Gasteiger partial charge in [-0.3, -0.25) is 4.79 Å². The fraction of sp³-hybridized carbons (Fsp3) is 0.300. The zero-order valence-corrected chi connectivity index (χ0v) is 15.0. The summed E-state index contributed by atoms with van der Waals surface area (Å²) in [7, 11) is 0. The van der Waals surface area contributed by atoms with Crippen molar-refractivity contribution in [2.24, 2.45) is 0 Å². The van der Waals surface area contributed by atoms with E-state index in [1.807, 2.05) is 32.0 Å². The average Bonchev–Trinajstić information content (AvgIpc) is 2.58. The molecule has 0 heterocycles. The number of nitrogens with one attached hydrogen (secondary N) is 1. The van der Waals surface area contributed by atoms with Crippen LogP contribution in [-0.4, -0.2) is 24.6 Å². The smallest absolute Gasteiger partial charge is 0.340 e. The van der Waals surface area contributed by atoms with Crippen LogP contribution in [0.25, 0.3) is 0 Å². The first-order valence-electron chi connectivity index (χ1n) is 8.23. The Morgan fingerprint density at radius 1 is 1.12 bits per heavy atom. The lowest BCUT2D eigenvalue weighted by Crippen LogP contribution is -2.31. The van der Waals surface area contributed by atoms with Gasteiger partial charge >= 0.3 is 5.97 Å². The molecule has 1 amide bonds. The molecule has 0 bridgehead atoms. The number of ether oxygens (including phenoxy) is 2. The number of aryl methyl sites for hydroxylation is 2. The number of carbonyl (C=O) groups excluding carboxylic acids is 2. The molecule has 5 heteroatoms. The average molecular weight is 341 g/mol. The molecule has 0 radical (unpaired) electrons. The molecule has 2 rings (SSSR count). The van der Waals surface area contributed by atoms with E-state index in [1.165, 1.54) is 0 Å². The fourth-order valence-electron chi connectivity index (χ4n) is 2.39. The van der Waals surface area contributed by atoms with Gasteiger partial charge in [-0.25, -0.2) is 4.79 Å². The van der Waals surface area contributed by atoms with Crippen molar-refractivity contribution in [3.8, 4) is 5.75 Å². The number of hydrogen-bond donors (Lipinski definition) is 1. The largest absolute Gasteiger partial charge is 0.481 e. The topological polar surface area (TPSA) is 64.6 Å². The van der Waals surface area contributed by atoms with Gasteiger partial charge in [0.2, 0.25) is 0 Å². The minimum absolute atomic E-state index is 0.271. The fourth-order valence-corrected chi connectivity index (χ4v) is 2.39. The molecule has 0 aromatic heterocycles. The number of amides is 1. The summed E-state index contributed by atoms with van der Waals surface area (Å²) in [5.41, 5.74) is 2.82. The molecule has 2 aromatic rings. The molecule has 132 valence electrons. The molecular formula is C20H23NO4. The van der Waals surface area contributed by atoms with Crippen molar-refractivity contribution in [3.05, 3.63) is 59.2 Å². The summed E-state index contributed by atoms with van der Waals surface area (Å²) in [6, 6.07) is 12.5. The second-order valence-electron chi connectivity index (χ2n) is 5.78. The van der Waals surface area contributed by atoms with E-state index >= 15 is 0 Å². The molecule has 1 atom stereocenters. The highest BCUT2D eigenvalue weighted by Gasteiger charge is 2.19. The minimum Gasteiger partial charge on any atom is -0.481 e. The SMILES string of the molecule is CCOC(=O)c1ccccc1NC(=O)[C@H](C)Oc1ccc(C)cc1C. The maximum Gasteiger partial charge on any atom is 0.340 e. The van der Waals surface area contributed by atoms with Gasteiger partial charge < -0.3 is 14.8 Å². The normalized spacial score (nSPS) is 11.5. The predicted octanol–water partition coefficient (Wildman–Crippen LogP) is 3.89. The van der Waals surface area contributed by atoms with E-state index in [0.29, 0.717) is 17.0 Å². The van der Waals surface area contributed by atoms with Crippen LogP contribution in [0.1, 0.15) is 35.3 Å². The Balaban J connectivity index is 2.10. The minimum atomic E-state index is -0.711.